The summed E-state index contributed by atoms with van der Waals surface area (Å²) >= 11 is 0. The first-order valence-electron chi connectivity index (χ1n) is 10.2. The first-order chi connectivity index (χ1) is 14.9. The predicted octanol–water partition coefficient (Wildman–Crippen LogP) is 3.11. The van der Waals surface area contributed by atoms with Gasteiger partial charge in [-0.3, -0.25) is 4.90 Å². The number of likely N-dealkylation sites (tertiary alicyclic amines) is 1. The van der Waals surface area contributed by atoms with Gasteiger partial charge < -0.3 is 24.8 Å². The van der Waals surface area contributed by atoms with E-state index < -0.39 is 12.2 Å². The summed E-state index contributed by atoms with van der Waals surface area (Å²) in [4.78, 5) is 34.4. The van der Waals surface area contributed by atoms with Crippen LogP contribution in [-0.2, 0) is 11.3 Å². The molecule has 0 bridgehead atoms. The van der Waals surface area contributed by atoms with Crippen molar-refractivity contribution in [3.05, 3.63) is 41.6 Å². The van der Waals surface area contributed by atoms with Gasteiger partial charge in [0, 0.05) is 31.7 Å². The third-order valence-corrected chi connectivity index (χ3v) is 5.42. The molecule has 2 aliphatic rings. The van der Waals surface area contributed by atoms with E-state index in [0.29, 0.717) is 38.0 Å². The van der Waals surface area contributed by atoms with Crippen LogP contribution in [0.1, 0.15) is 31.0 Å². The summed E-state index contributed by atoms with van der Waals surface area (Å²) in [5, 5.41) is 12.1. The third-order valence-electron chi connectivity index (χ3n) is 5.42. The van der Waals surface area contributed by atoms with E-state index in [2.05, 4.69) is 15.3 Å². The van der Waals surface area contributed by atoms with Crippen molar-refractivity contribution in [2.75, 3.05) is 36.5 Å². The Bertz CT molecular complexity index is 961. The normalized spacial score (nSPS) is 16.8. The van der Waals surface area contributed by atoms with Gasteiger partial charge in [-0.1, -0.05) is 12.1 Å². The van der Waals surface area contributed by atoms with Gasteiger partial charge in [-0.25, -0.2) is 14.6 Å². The number of hydrogen-bond acceptors (Lipinski definition) is 7. The molecule has 0 aliphatic carbocycles. The fourth-order valence-corrected chi connectivity index (χ4v) is 3.56. The van der Waals surface area contributed by atoms with Gasteiger partial charge in [0.1, 0.15) is 18.2 Å². The highest BCUT2D eigenvalue weighted by Gasteiger charge is 2.31. The summed E-state index contributed by atoms with van der Waals surface area (Å²) in [6.45, 7) is 6.04. The lowest BCUT2D eigenvalue weighted by Crippen LogP contribution is -2.51. The SMILES string of the molecule is CCN1C(=O)OCc2cnc(N[C@@H](C)c3ccc(OCC4CN(C(=O)O)C4)cc3)nc21. The molecule has 1 aromatic heterocycles. The van der Waals surface area contributed by atoms with Crippen LogP contribution < -0.4 is 15.0 Å². The number of cyclic esters (lactones) is 1. The number of carboxylic acid groups (broad SMARTS) is 1. The predicted molar refractivity (Wildman–Crippen MR) is 112 cm³/mol. The number of aromatic nitrogens is 2. The number of ether oxygens (including phenoxy) is 2. The molecule has 2 N–H and O–H groups in total. The van der Waals surface area contributed by atoms with Crippen LogP contribution in [0.25, 0.3) is 0 Å². The second-order valence-electron chi connectivity index (χ2n) is 7.64. The van der Waals surface area contributed by atoms with E-state index in [1.807, 2.05) is 38.1 Å². The van der Waals surface area contributed by atoms with Crippen molar-refractivity contribution < 1.29 is 24.2 Å². The minimum atomic E-state index is -0.882. The molecule has 2 aliphatic heterocycles. The Kier molecular flexibility index (Phi) is 5.79. The number of carbonyl (C=O) groups excluding carboxylic acids is 1. The molecule has 3 heterocycles. The summed E-state index contributed by atoms with van der Waals surface area (Å²) in [5.41, 5.74) is 1.81. The lowest BCUT2D eigenvalue weighted by molar-refractivity contribution is 0.0585. The van der Waals surface area contributed by atoms with Crippen LogP contribution in [0, 0.1) is 5.92 Å². The molecular weight excluding hydrogens is 402 g/mol. The zero-order chi connectivity index (χ0) is 22.0. The van der Waals surface area contributed by atoms with Crippen molar-refractivity contribution in [1.29, 1.82) is 0 Å². The Morgan fingerprint density at radius 1 is 1.35 bits per heavy atom. The van der Waals surface area contributed by atoms with Gasteiger partial charge in [0.25, 0.3) is 0 Å². The van der Waals surface area contributed by atoms with Crippen molar-refractivity contribution in [3.8, 4) is 5.75 Å². The molecule has 1 saturated heterocycles. The van der Waals surface area contributed by atoms with E-state index in [4.69, 9.17) is 14.6 Å². The highest BCUT2D eigenvalue weighted by Crippen LogP contribution is 2.27. The van der Waals surface area contributed by atoms with Crippen molar-refractivity contribution in [2.45, 2.75) is 26.5 Å². The first kappa shape index (κ1) is 20.7. The lowest BCUT2D eigenvalue weighted by Gasteiger charge is -2.36. The van der Waals surface area contributed by atoms with Gasteiger partial charge in [0.2, 0.25) is 5.95 Å². The fraction of sp³-hybridized carbons (Fsp3) is 0.429. The number of fused-ring (bicyclic) bond motifs is 1. The smallest absolute Gasteiger partial charge is 0.415 e. The molecule has 2 aromatic rings. The molecule has 164 valence electrons. The molecule has 2 amide bonds. The molecule has 0 spiro atoms. The first-order valence-corrected chi connectivity index (χ1v) is 10.2. The number of hydrogen-bond donors (Lipinski definition) is 2. The van der Waals surface area contributed by atoms with Gasteiger partial charge >= 0.3 is 12.2 Å². The molecule has 1 atom stereocenters. The van der Waals surface area contributed by atoms with E-state index in [-0.39, 0.29) is 18.6 Å². The van der Waals surface area contributed by atoms with E-state index in [0.717, 1.165) is 16.9 Å². The Morgan fingerprint density at radius 3 is 2.77 bits per heavy atom. The van der Waals surface area contributed by atoms with E-state index in [1.54, 1.807) is 6.20 Å². The van der Waals surface area contributed by atoms with Crippen molar-refractivity contribution in [2.24, 2.45) is 5.92 Å². The molecule has 1 fully saturated rings. The number of nitrogens with zero attached hydrogens (tertiary/aromatic N) is 4. The van der Waals surface area contributed by atoms with Gasteiger partial charge in [-0.05, 0) is 31.5 Å². The molecule has 4 rings (SSSR count). The maximum absolute atomic E-state index is 11.9. The summed E-state index contributed by atoms with van der Waals surface area (Å²) in [6, 6.07) is 7.65. The molecule has 31 heavy (non-hydrogen) atoms. The maximum Gasteiger partial charge on any atom is 0.415 e. The van der Waals surface area contributed by atoms with Crippen LogP contribution in [0.4, 0.5) is 21.4 Å². The highest BCUT2D eigenvalue weighted by atomic mass is 16.6. The second kappa shape index (κ2) is 8.66. The largest absolute Gasteiger partial charge is 0.493 e. The van der Waals surface area contributed by atoms with Crippen LogP contribution in [0.5, 0.6) is 5.75 Å². The van der Waals surface area contributed by atoms with E-state index in [1.165, 1.54) is 9.80 Å². The van der Waals surface area contributed by atoms with Crippen LogP contribution in [0.15, 0.2) is 30.5 Å². The minimum Gasteiger partial charge on any atom is -0.493 e. The number of amides is 2. The molecule has 1 aromatic carbocycles. The summed E-state index contributed by atoms with van der Waals surface area (Å²) in [6.07, 6.45) is 0.392. The van der Waals surface area contributed by atoms with Gasteiger partial charge in [-0.15, -0.1) is 0 Å². The van der Waals surface area contributed by atoms with Crippen LogP contribution in [-0.4, -0.2) is 58.4 Å². The van der Waals surface area contributed by atoms with Crippen LogP contribution in [0.2, 0.25) is 0 Å². The number of nitrogens with one attached hydrogen (secondary N) is 1. The molecule has 0 radical (unpaired) electrons. The van der Waals surface area contributed by atoms with Crippen molar-refractivity contribution in [1.82, 2.24) is 14.9 Å². The highest BCUT2D eigenvalue weighted by molar-refractivity contribution is 5.89. The summed E-state index contributed by atoms with van der Waals surface area (Å²) in [5.74, 6) is 1.99. The quantitative estimate of drug-likeness (QED) is 0.692. The second-order valence-corrected chi connectivity index (χ2v) is 7.64. The van der Waals surface area contributed by atoms with E-state index >= 15 is 0 Å². The average molecular weight is 427 g/mol. The maximum atomic E-state index is 11.9. The topological polar surface area (TPSA) is 117 Å². The number of anilines is 2. The Balaban J connectivity index is 1.34. The molecule has 0 unspecified atom stereocenters. The van der Waals surface area contributed by atoms with Gasteiger partial charge in [0.15, 0.2) is 0 Å². The van der Waals surface area contributed by atoms with Gasteiger partial charge in [-0.2, -0.15) is 4.98 Å². The summed E-state index contributed by atoms with van der Waals surface area (Å²) in [7, 11) is 0. The monoisotopic (exact) mass is 427 g/mol. The molecule has 10 nitrogen and oxygen atoms in total. The number of rotatable bonds is 7. The zero-order valence-electron chi connectivity index (χ0n) is 17.4. The third kappa shape index (κ3) is 4.47. The lowest BCUT2D eigenvalue weighted by atomic mass is 10.0. The van der Waals surface area contributed by atoms with Crippen molar-refractivity contribution >= 4 is 24.0 Å². The minimum absolute atomic E-state index is 0.0616. The Hall–Kier alpha value is -3.56. The van der Waals surface area contributed by atoms with Crippen LogP contribution in [0.3, 0.4) is 0 Å². The Morgan fingerprint density at radius 2 is 2.10 bits per heavy atom. The molecule has 0 saturated carbocycles. The van der Waals surface area contributed by atoms with Crippen LogP contribution >= 0.6 is 0 Å². The Labute approximate surface area is 179 Å². The zero-order valence-corrected chi connectivity index (χ0v) is 17.4. The van der Waals surface area contributed by atoms with Crippen molar-refractivity contribution in [3.63, 3.8) is 0 Å². The van der Waals surface area contributed by atoms with E-state index in [9.17, 15) is 9.59 Å². The molecule has 10 heteroatoms. The molecular formula is C21H25N5O5. The number of benzene rings is 1. The van der Waals surface area contributed by atoms with Gasteiger partial charge in [0.05, 0.1) is 18.2 Å². The fourth-order valence-electron chi connectivity index (χ4n) is 3.56. The number of carbonyl (C=O) groups is 2. The summed E-state index contributed by atoms with van der Waals surface area (Å²) < 4.78 is 10.9. The average Bonchev–Trinajstić information content (AvgIpc) is 2.72. The standard InChI is InChI=1S/C21H25N5O5/c1-3-26-18-16(12-31-21(26)29)8-22-19(24-18)23-13(2)15-4-6-17(7-5-15)30-11-14-9-25(10-14)20(27)28/h4-8,13-14H,3,9-12H2,1-2H3,(H,27,28)(H,22,23,24)/t13-/m0/s1.